The smallest absolute Gasteiger partial charge is 0.269 e. The van der Waals surface area contributed by atoms with E-state index in [0.717, 1.165) is 31.7 Å². The Hall–Kier alpha value is -1.66. The number of piperidine rings is 1. The Bertz CT molecular complexity index is 612. The fourth-order valence-electron chi connectivity index (χ4n) is 4.44. The van der Waals surface area contributed by atoms with Gasteiger partial charge in [0.15, 0.2) is 5.69 Å². The van der Waals surface area contributed by atoms with Gasteiger partial charge in [0, 0.05) is 44.0 Å². The molecular weight excluding hydrogens is 326 g/mol. The third-order valence-electron chi connectivity index (χ3n) is 6.07. The molecule has 3 heterocycles. The van der Waals surface area contributed by atoms with Crippen LogP contribution in [0.4, 0.5) is 5.69 Å². The summed E-state index contributed by atoms with van der Waals surface area (Å²) in [5.41, 5.74) is 6.79. The van der Waals surface area contributed by atoms with Crippen LogP contribution in [0.2, 0.25) is 0 Å². The quantitative estimate of drug-likeness (QED) is 0.890. The maximum Gasteiger partial charge on any atom is 0.269 e. The Morgan fingerprint density at radius 1 is 1.15 bits per heavy atom. The number of hydrogen-bond donors (Lipinski definition) is 1. The number of pyridine rings is 1. The average molecular weight is 360 g/mol. The van der Waals surface area contributed by atoms with Gasteiger partial charge in [0.25, 0.3) is 5.91 Å². The second kappa shape index (κ2) is 8.35. The van der Waals surface area contributed by atoms with Gasteiger partial charge >= 0.3 is 0 Å². The number of carbonyl (C=O) groups excluding carboxylic acids is 1. The van der Waals surface area contributed by atoms with Crippen LogP contribution in [-0.4, -0.2) is 71.5 Å². The SMILES string of the molecule is CC(C)N1CCC(N2CCN(c3cccnc3C(N)=O)CCC2C)CC1. The zero-order valence-corrected chi connectivity index (χ0v) is 16.4. The summed E-state index contributed by atoms with van der Waals surface area (Å²) in [4.78, 5) is 23.5. The van der Waals surface area contributed by atoms with Gasteiger partial charge in [0.1, 0.15) is 0 Å². The summed E-state index contributed by atoms with van der Waals surface area (Å²) in [7, 11) is 0. The van der Waals surface area contributed by atoms with Crippen molar-refractivity contribution in [1.29, 1.82) is 0 Å². The van der Waals surface area contributed by atoms with E-state index in [9.17, 15) is 4.79 Å². The maximum absolute atomic E-state index is 11.7. The van der Waals surface area contributed by atoms with Crippen molar-refractivity contribution in [3.05, 3.63) is 24.0 Å². The number of anilines is 1. The van der Waals surface area contributed by atoms with E-state index in [4.69, 9.17) is 5.73 Å². The minimum Gasteiger partial charge on any atom is -0.368 e. The largest absolute Gasteiger partial charge is 0.368 e. The maximum atomic E-state index is 11.7. The number of carbonyl (C=O) groups is 1. The molecule has 0 spiro atoms. The lowest BCUT2D eigenvalue weighted by Gasteiger charge is -2.41. The Morgan fingerprint density at radius 2 is 1.88 bits per heavy atom. The molecule has 6 heteroatoms. The molecule has 0 aromatic carbocycles. The molecule has 1 unspecified atom stereocenters. The second-order valence-corrected chi connectivity index (χ2v) is 7.96. The lowest BCUT2D eigenvalue weighted by molar-refractivity contribution is 0.0724. The highest BCUT2D eigenvalue weighted by molar-refractivity contribution is 5.96. The second-order valence-electron chi connectivity index (χ2n) is 7.96. The minimum atomic E-state index is -0.448. The molecule has 1 aromatic rings. The first-order valence-corrected chi connectivity index (χ1v) is 9.97. The lowest BCUT2D eigenvalue weighted by atomic mass is 10.00. The number of nitrogens with zero attached hydrogens (tertiary/aromatic N) is 4. The summed E-state index contributed by atoms with van der Waals surface area (Å²) >= 11 is 0. The molecule has 1 atom stereocenters. The van der Waals surface area contributed by atoms with Crippen LogP contribution in [0.5, 0.6) is 0 Å². The van der Waals surface area contributed by atoms with Gasteiger partial charge in [-0.1, -0.05) is 0 Å². The predicted molar refractivity (Wildman–Crippen MR) is 105 cm³/mol. The van der Waals surface area contributed by atoms with Gasteiger partial charge in [-0.25, -0.2) is 4.98 Å². The molecule has 1 aromatic heterocycles. The summed E-state index contributed by atoms with van der Waals surface area (Å²) < 4.78 is 0. The molecular formula is C20H33N5O. The van der Waals surface area contributed by atoms with Crippen LogP contribution >= 0.6 is 0 Å². The van der Waals surface area contributed by atoms with E-state index < -0.39 is 5.91 Å². The zero-order valence-electron chi connectivity index (χ0n) is 16.4. The number of primary amides is 1. The Labute approximate surface area is 157 Å². The molecule has 0 aliphatic carbocycles. The average Bonchev–Trinajstić information content (AvgIpc) is 2.83. The minimum absolute atomic E-state index is 0.388. The van der Waals surface area contributed by atoms with Crippen LogP contribution in [0.15, 0.2) is 18.3 Å². The molecule has 2 aliphatic rings. The third kappa shape index (κ3) is 4.18. The van der Waals surface area contributed by atoms with E-state index in [-0.39, 0.29) is 0 Å². The van der Waals surface area contributed by atoms with E-state index in [0.29, 0.717) is 23.8 Å². The van der Waals surface area contributed by atoms with E-state index in [1.54, 1.807) is 6.20 Å². The predicted octanol–water partition coefficient (Wildman–Crippen LogP) is 1.95. The Kier molecular flexibility index (Phi) is 6.14. The van der Waals surface area contributed by atoms with Gasteiger partial charge in [-0.05, 0) is 65.3 Å². The molecule has 2 fully saturated rings. The Balaban J connectivity index is 1.67. The molecule has 144 valence electrons. The van der Waals surface area contributed by atoms with E-state index in [1.165, 1.54) is 25.9 Å². The topological polar surface area (TPSA) is 65.7 Å². The van der Waals surface area contributed by atoms with Gasteiger partial charge in [0.05, 0.1) is 5.69 Å². The number of likely N-dealkylation sites (tertiary alicyclic amines) is 1. The van der Waals surface area contributed by atoms with Gasteiger partial charge in [0.2, 0.25) is 0 Å². The molecule has 2 saturated heterocycles. The molecule has 2 aliphatic heterocycles. The van der Waals surface area contributed by atoms with Crippen molar-refractivity contribution in [2.75, 3.05) is 37.6 Å². The fourth-order valence-corrected chi connectivity index (χ4v) is 4.44. The standard InChI is InChI=1S/C20H33N5O/c1-15(2)23-11-7-17(8-12-23)25-14-13-24(10-6-16(25)3)18-5-4-9-22-19(18)20(21)26/h4-5,9,15-17H,6-8,10-14H2,1-3H3,(H2,21,26). The molecule has 1 amide bonds. The summed E-state index contributed by atoms with van der Waals surface area (Å²) in [5, 5.41) is 0. The highest BCUT2D eigenvalue weighted by Gasteiger charge is 2.31. The molecule has 26 heavy (non-hydrogen) atoms. The molecule has 0 bridgehead atoms. The van der Waals surface area contributed by atoms with Gasteiger partial charge < -0.3 is 15.5 Å². The summed E-state index contributed by atoms with van der Waals surface area (Å²) in [6.45, 7) is 12.2. The molecule has 0 saturated carbocycles. The highest BCUT2D eigenvalue weighted by atomic mass is 16.1. The third-order valence-corrected chi connectivity index (χ3v) is 6.07. The number of amides is 1. The molecule has 0 radical (unpaired) electrons. The first kappa shape index (κ1) is 19.1. The van der Waals surface area contributed by atoms with Crippen LogP contribution in [0.3, 0.4) is 0 Å². The van der Waals surface area contributed by atoms with Crippen molar-refractivity contribution >= 4 is 11.6 Å². The first-order chi connectivity index (χ1) is 12.5. The van der Waals surface area contributed by atoms with Crippen LogP contribution in [0.1, 0.15) is 50.5 Å². The van der Waals surface area contributed by atoms with Crippen molar-refractivity contribution in [1.82, 2.24) is 14.8 Å². The molecule has 3 rings (SSSR count). The van der Waals surface area contributed by atoms with Crippen molar-refractivity contribution < 1.29 is 4.79 Å². The fraction of sp³-hybridized carbons (Fsp3) is 0.700. The van der Waals surface area contributed by atoms with Gasteiger partial charge in [-0.3, -0.25) is 9.69 Å². The first-order valence-electron chi connectivity index (χ1n) is 9.97. The van der Waals surface area contributed by atoms with Crippen molar-refractivity contribution in [3.63, 3.8) is 0 Å². The van der Waals surface area contributed by atoms with Gasteiger partial charge in [-0.15, -0.1) is 0 Å². The number of nitrogens with two attached hydrogens (primary N) is 1. The van der Waals surface area contributed by atoms with Crippen molar-refractivity contribution in [3.8, 4) is 0 Å². The summed E-state index contributed by atoms with van der Waals surface area (Å²) in [6.07, 6.45) is 5.24. The zero-order chi connectivity index (χ0) is 18.7. The lowest BCUT2D eigenvalue weighted by Crippen LogP contribution is -2.50. The normalized spacial score (nSPS) is 24.0. The van der Waals surface area contributed by atoms with Crippen molar-refractivity contribution in [2.45, 2.75) is 58.2 Å². The Morgan fingerprint density at radius 3 is 2.54 bits per heavy atom. The number of hydrogen-bond acceptors (Lipinski definition) is 5. The van der Waals surface area contributed by atoms with Crippen LogP contribution in [-0.2, 0) is 0 Å². The number of rotatable bonds is 4. The van der Waals surface area contributed by atoms with Crippen LogP contribution < -0.4 is 10.6 Å². The van der Waals surface area contributed by atoms with Crippen molar-refractivity contribution in [2.24, 2.45) is 5.73 Å². The van der Waals surface area contributed by atoms with E-state index in [1.807, 2.05) is 12.1 Å². The van der Waals surface area contributed by atoms with Crippen LogP contribution in [0, 0.1) is 0 Å². The van der Waals surface area contributed by atoms with Gasteiger partial charge in [-0.2, -0.15) is 0 Å². The summed E-state index contributed by atoms with van der Waals surface area (Å²) in [5.74, 6) is -0.448. The highest BCUT2D eigenvalue weighted by Crippen LogP contribution is 2.26. The monoisotopic (exact) mass is 359 g/mol. The number of aromatic nitrogens is 1. The van der Waals surface area contributed by atoms with Crippen LogP contribution in [0.25, 0.3) is 0 Å². The van der Waals surface area contributed by atoms with E-state index in [2.05, 4.69) is 40.5 Å². The molecule has 2 N–H and O–H groups in total. The summed E-state index contributed by atoms with van der Waals surface area (Å²) in [6, 6.07) is 5.73. The van der Waals surface area contributed by atoms with E-state index >= 15 is 0 Å². The molecule has 6 nitrogen and oxygen atoms in total.